The number of urea groups is 1. The van der Waals surface area contributed by atoms with Gasteiger partial charge in [-0.05, 0) is 18.8 Å². The first-order valence-electron chi connectivity index (χ1n) is 8.39. The molecule has 2 atom stereocenters. The summed E-state index contributed by atoms with van der Waals surface area (Å²) < 4.78 is 5.28. The van der Waals surface area contributed by atoms with E-state index in [2.05, 4.69) is 0 Å². The SMILES string of the molecule is CC(C)[C@H](OC(=O)[C@H]1CC(=O)N(C2CCCC2)C1)C(=O)NC(N)=O. The molecule has 0 aromatic heterocycles. The Morgan fingerprint density at radius 2 is 1.88 bits per heavy atom. The number of hydrogen-bond donors (Lipinski definition) is 2. The number of imide groups is 1. The fraction of sp³-hybridized carbons (Fsp3) is 0.750. The van der Waals surface area contributed by atoms with Gasteiger partial charge in [0, 0.05) is 19.0 Å². The van der Waals surface area contributed by atoms with E-state index in [9.17, 15) is 19.2 Å². The fourth-order valence-electron chi connectivity index (χ4n) is 3.36. The highest BCUT2D eigenvalue weighted by Crippen LogP contribution is 2.30. The minimum absolute atomic E-state index is 0.0356. The number of carbonyl (C=O) groups excluding carboxylic acids is 4. The van der Waals surface area contributed by atoms with E-state index >= 15 is 0 Å². The molecule has 134 valence electrons. The Hall–Kier alpha value is -2.12. The van der Waals surface area contributed by atoms with Crippen molar-refractivity contribution in [3.63, 3.8) is 0 Å². The van der Waals surface area contributed by atoms with Crippen LogP contribution in [0.2, 0.25) is 0 Å². The number of esters is 1. The van der Waals surface area contributed by atoms with Gasteiger partial charge in [0.25, 0.3) is 5.91 Å². The molecule has 2 aliphatic rings. The van der Waals surface area contributed by atoms with E-state index in [1.54, 1.807) is 18.7 Å². The third-order valence-electron chi connectivity index (χ3n) is 4.61. The number of nitrogens with one attached hydrogen (secondary N) is 1. The maximum atomic E-state index is 12.4. The Balaban J connectivity index is 1.96. The van der Waals surface area contributed by atoms with Crippen molar-refractivity contribution in [1.29, 1.82) is 0 Å². The standard InChI is InChI=1S/C16H25N3O5/c1-9(2)13(14(21)18-16(17)23)24-15(22)10-7-12(20)19(8-10)11-5-3-4-6-11/h9-11,13H,3-8H2,1-2H3,(H3,17,18,21,23)/t10-,13-/m0/s1. The number of nitrogens with zero attached hydrogens (tertiary/aromatic N) is 1. The van der Waals surface area contributed by atoms with Gasteiger partial charge in [-0.1, -0.05) is 26.7 Å². The highest BCUT2D eigenvalue weighted by molar-refractivity contribution is 5.97. The van der Waals surface area contributed by atoms with Gasteiger partial charge in [-0.3, -0.25) is 19.7 Å². The van der Waals surface area contributed by atoms with Crippen molar-refractivity contribution in [3.05, 3.63) is 0 Å². The minimum atomic E-state index is -1.11. The number of likely N-dealkylation sites (tertiary alicyclic amines) is 1. The summed E-state index contributed by atoms with van der Waals surface area (Å²) in [5.41, 5.74) is 4.93. The second-order valence-corrected chi connectivity index (χ2v) is 6.84. The van der Waals surface area contributed by atoms with E-state index in [0.717, 1.165) is 25.7 Å². The van der Waals surface area contributed by atoms with Crippen molar-refractivity contribution in [3.8, 4) is 0 Å². The van der Waals surface area contributed by atoms with Crippen molar-refractivity contribution >= 4 is 23.8 Å². The van der Waals surface area contributed by atoms with Gasteiger partial charge in [0.15, 0.2) is 6.10 Å². The first-order valence-corrected chi connectivity index (χ1v) is 8.39. The van der Waals surface area contributed by atoms with E-state index < -0.39 is 29.9 Å². The van der Waals surface area contributed by atoms with Crippen molar-refractivity contribution in [2.45, 2.75) is 58.1 Å². The van der Waals surface area contributed by atoms with Gasteiger partial charge >= 0.3 is 12.0 Å². The number of rotatable bonds is 5. The third kappa shape index (κ3) is 4.24. The van der Waals surface area contributed by atoms with Crippen molar-refractivity contribution in [2.24, 2.45) is 17.6 Å². The number of amides is 4. The van der Waals surface area contributed by atoms with Crippen molar-refractivity contribution < 1.29 is 23.9 Å². The molecule has 1 saturated heterocycles. The summed E-state index contributed by atoms with van der Waals surface area (Å²) >= 11 is 0. The summed E-state index contributed by atoms with van der Waals surface area (Å²) in [6, 6.07) is -0.778. The van der Waals surface area contributed by atoms with Crippen LogP contribution in [0.5, 0.6) is 0 Å². The van der Waals surface area contributed by atoms with Gasteiger partial charge in [0.1, 0.15) is 0 Å². The maximum Gasteiger partial charge on any atom is 0.318 e. The van der Waals surface area contributed by atoms with Gasteiger partial charge in [-0.2, -0.15) is 0 Å². The van der Waals surface area contributed by atoms with Crippen LogP contribution < -0.4 is 11.1 Å². The first-order chi connectivity index (χ1) is 11.3. The molecule has 0 bridgehead atoms. The summed E-state index contributed by atoms with van der Waals surface area (Å²) in [5.74, 6) is -2.26. The van der Waals surface area contributed by atoms with Gasteiger partial charge < -0.3 is 15.4 Å². The number of primary amides is 1. The lowest BCUT2D eigenvalue weighted by atomic mass is 10.1. The molecule has 2 rings (SSSR count). The summed E-state index contributed by atoms with van der Waals surface area (Å²) in [6.45, 7) is 3.73. The summed E-state index contributed by atoms with van der Waals surface area (Å²) in [7, 11) is 0. The summed E-state index contributed by atoms with van der Waals surface area (Å²) in [6.07, 6.45) is 3.16. The van der Waals surface area contributed by atoms with Gasteiger partial charge in [-0.15, -0.1) is 0 Å². The Kier molecular flexibility index (Phi) is 5.80. The molecule has 0 aromatic rings. The van der Waals surface area contributed by atoms with Gasteiger partial charge in [0.2, 0.25) is 5.91 Å². The molecule has 8 heteroatoms. The lowest BCUT2D eigenvalue weighted by Gasteiger charge is -2.24. The van der Waals surface area contributed by atoms with Crippen LogP contribution in [0.1, 0.15) is 46.0 Å². The van der Waals surface area contributed by atoms with E-state index in [4.69, 9.17) is 10.5 Å². The highest BCUT2D eigenvalue weighted by Gasteiger charge is 2.41. The highest BCUT2D eigenvalue weighted by atomic mass is 16.5. The zero-order valence-electron chi connectivity index (χ0n) is 14.1. The topological polar surface area (TPSA) is 119 Å². The van der Waals surface area contributed by atoms with Crippen molar-refractivity contribution in [1.82, 2.24) is 10.2 Å². The summed E-state index contributed by atoms with van der Waals surface area (Å²) in [4.78, 5) is 49.0. The molecule has 1 saturated carbocycles. The molecule has 0 unspecified atom stereocenters. The fourth-order valence-corrected chi connectivity index (χ4v) is 3.36. The van der Waals surface area contributed by atoms with E-state index in [1.165, 1.54) is 0 Å². The molecule has 4 amide bonds. The quantitative estimate of drug-likeness (QED) is 0.709. The zero-order chi connectivity index (χ0) is 17.9. The number of ether oxygens (including phenoxy) is 1. The molecule has 0 aromatic carbocycles. The smallest absolute Gasteiger partial charge is 0.318 e. The lowest BCUT2D eigenvalue weighted by Crippen LogP contribution is -2.46. The van der Waals surface area contributed by atoms with Crippen molar-refractivity contribution in [2.75, 3.05) is 6.54 Å². The largest absolute Gasteiger partial charge is 0.452 e. The van der Waals surface area contributed by atoms with Gasteiger partial charge in [-0.25, -0.2) is 4.79 Å². The lowest BCUT2D eigenvalue weighted by molar-refractivity contribution is -0.162. The molecular weight excluding hydrogens is 314 g/mol. The molecule has 24 heavy (non-hydrogen) atoms. The Morgan fingerprint density at radius 1 is 1.25 bits per heavy atom. The molecule has 8 nitrogen and oxygen atoms in total. The van der Waals surface area contributed by atoms with Crippen LogP contribution in [0.3, 0.4) is 0 Å². The van der Waals surface area contributed by atoms with Crippen LogP contribution in [0, 0.1) is 11.8 Å². The van der Waals surface area contributed by atoms with Crippen LogP contribution in [0.4, 0.5) is 4.79 Å². The number of carbonyl (C=O) groups is 4. The van der Waals surface area contributed by atoms with Crippen LogP contribution in [0.15, 0.2) is 0 Å². The predicted molar refractivity (Wildman–Crippen MR) is 84.5 cm³/mol. The Morgan fingerprint density at radius 3 is 2.42 bits per heavy atom. The molecule has 0 spiro atoms. The summed E-state index contributed by atoms with van der Waals surface area (Å²) in [5, 5.41) is 1.93. The van der Waals surface area contributed by atoms with Crippen LogP contribution >= 0.6 is 0 Å². The monoisotopic (exact) mass is 339 g/mol. The first kappa shape index (κ1) is 18.2. The predicted octanol–water partition coefficient (Wildman–Crippen LogP) is 0.540. The van der Waals surface area contributed by atoms with Gasteiger partial charge in [0.05, 0.1) is 5.92 Å². The second kappa shape index (κ2) is 7.63. The zero-order valence-corrected chi connectivity index (χ0v) is 14.1. The Bertz CT molecular complexity index is 528. The molecule has 0 radical (unpaired) electrons. The van der Waals surface area contributed by atoms with Crippen LogP contribution in [-0.2, 0) is 19.1 Å². The second-order valence-electron chi connectivity index (χ2n) is 6.84. The van der Waals surface area contributed by atoms with E-state index in [-0.39, 0.29) is 24.3 Å². The molecule has 1 heterocycles. The number of hydrogen-bond acceptors (Lipinski definition) is 5. The molecule has 3 N–H and O–H groups in total. The van der Waals surface area contributed by atoms with E-state index in [1.807, 2.05) is 5.32 Å². The molecular formula is C16H25N3O5. The average Bonchev–Trinajstić information content (AvgIpc) is 3.12. The Labute approximate surface area is 141 Å². The minimum Gasteiger partial charge on any atom is -0.452 e. The molecule has 1 aliphatic carbocycles. The van der Waals surface area contributed by atoms with Crippen LogP contribution in [-0.4, -0.2) is 47.4 Å². The normalized spacial score (nSPS) is 22.7. The maximum absolute atomic E-state index is 12.4. The molecule has 2 fully saturated rings. The molecule has 1 aliphatic heterocycles. The van der Waals surface area contributed by atoms with E-state index in [0.29, 0.717) is 6.54 Å². The van der Waals surface area contributed by atoms with Crippen LogP contribution in [0.25, 0.3) is 0 Å². The number of nitrogens with two attached hydrogens (primary N) is 1. The third-order valence-corrected chi connectivity index (χ3v) is 4.61. The average molecular weight is 339 g/mol.